The zero-order valence-electron chi connectivity index (χ0n) is 11.9. The monoisotopic (exact) mass is 267 g/mol. The highest BCUT2D eigenvalue weighted by atomic mass is 16.1. The van der Waals surface area contributed by atoms with Crippen molar-refractivity contribution in [2.45, 2.75) is 32.2 Å². The van der Waals surface area contributed by atoms with E-state index in [1.807, 2.05) is 42.5 Å². The highest BCUT2D eigenvalue weighted by Crippen LogP contribution is 2.20. The first kappa shape index (κ1) is 14.5. The van der Waals surface area contributed by atoms with Crippen molar-refractivity contribution in [3.05, 3.63) is 60.2 Å². The van der Waals surface area contributed by atoms with E-state index in [1.54, 1.807) is 0 Å². The minimum Gasteiger partial charge on any atom is -0.327 e. The summed E-state index contributed by atoms with van der Waals surface area (Å²) in [6.07, 6.45) is 2.34. The zero-order chi connectivity index (χ0) is 14.4. The minimum absolute atomic E-state index is 0.0266. The van der Waals surface area contributed by atoms with Gasteiger partial charge in [0.15, 0.2) is 5.78 Å². The first-order chi connectivity index (χ1) is 9.70. The number of benzene rings is 2. The van der Waals surface area contributed by atoms with Crippen LogP contribution in [0.25, 0.3) is 11.1 Å². The summed E-state index contributed by atoms with van der Waals surface area (Å²) in [4.78, 5) is 12.1. The van der Waals surface area contributed by atoms with Crippen molar-refractivity contribution < 1.29 is 4.79 Å². The highest BCUT2D eigenvalue weighted by molar-refractivity contribution is 5.96. The Labute approximate surface area is 120 Å². The molecular formula is C18H21NO. The van der Waals surface area contributed by atoms with Gasteiger partial charge in [0.25, 0.3) is 0 Å². The fraction of sp³-hybridized carbons (Fsp3) is 0.278. The Morgan fingerprint density at radius 1 is 1.00 bits per heavy atom. The molecule has 0 aliphatic rings. The van der Waals surface area contributed by atoms with Gasteiger partial charge in [0.05, 0.1) is 0 Å². The van der Waals surface area contributed by atoms with E-state index in [2.05, 4.69) is 19.1 Å². The van der Waals surface area contributed by atoms with Crippen LogP contribution in [-0.4, -0.2) is 11.8 Å². The van der Waals surface area contributed by atoms with E-state index in [0.29, 0.717) is 6.42 Å². The lowest BCUT2D eigenvalue weighted by atomic mass is 9.98. The molecule has 0 aromatic heterocycles. The van der Waals surface area contributed by atoms with Gasteiger partial charge < -0.3 is 5.73 Å². The molecule has 0 fully saturated rings. The number of rotatable bonds is 6. The van der Waals surface area contributed by atoms with Crippen LogP contribution in [0.1, 0.15) is 36.5 Å². The van der Waals surface area contributed by atoms with Crippen LogP contribution in [0, 0.1) is 0 Å². The molecule has 1 unspecified atom stereocenters. The molecule has 0 saturated carbocycles. The smallest absolute Gasteiger partial charge is 0.164 e. The van der Waals surface area contributed by atoms with E-state index in [0.717, 1.165) is 29.5 Å². The molecule has 2 N–H and O–H groups in total. The first-order valence-electron chi connectivity index (χ1n) is 7.15. The Hall–Kier alpha value is -1.93. The molecule has 0 saturated heterocycles. The lowest BCUT2D eigenvalue weighted by molar-refractivity contribution is 0.0973. The quantitative estimate of drug-likeness (QED) is 0.802. The number of carbonyl (C=O) groups excluding carboxylic acids is 1. The molecule has 2 aromatic rings. The van der Waals surface area contributed by atoms with E-state index in [-0.39, 0.29) is 11.8 Å². The van der Waals surface area contributed by atoms with Crippen molar-refractivity contribution in [3.63, 3.8) is 0 Å². The summed E-state index contributed by atoms with van der Waals surface area (Å²) in [5.41, 5.74) is 8.96. The number of Topliss-reactive ketones (excluding diaryl/α,β-unsaturated/α-hetero) is 1. The Kier molecular flexibility index (Phi) is 5.08. The Bertz CT molecular complexity index is 545. The molecular weight excluding hydrogens is 246 g/mol. The molecule has 1 atom stereocenters. The van der Waals surface area contributed by atoms with Crippen molar-refractivity contribution >= 4 is 5.78 Å². The third kappa shape index (κ3) is 3.78. The van der Waals surface area contributed by atoms with Crippen LogP contribution >= 0.6 is 0 Å². The molecule has 104 valence electrons. The predicted molar refractivity (Wildman–Crippen MR) is 83.7 cm³/mol. The molecule has 0 spiro atoms. The summed E-state index contributed by atoms with van der Waals surface area (Å²) in [5.74, 6) is 0.130. The summed E-state index contributed by atoms with van der Waals surface area (Å²) in [7, 11) is 0. The number of carbonyl (C=O) groups is 1. The van der Waals surface area contributed by atoms with Crippen LogP contribution in [0.2, 0.25) is 0 Å². The third-order valence-electron chi connectivity index (χ3n) is 3.42. The third-order valence-corrected chi connectivity index (χ3v) is 3.42. The Morgan fingerprint density at radius 2 is 1.60 bits per heavy atom. The van der Waals surface area contributed by atoms with Crippen molar-refractivity contribution in [3.8, 4) is 11.1 Å². The molecule has 2 aromatic carbocycles. The number of hydrogen-bond donors (Lipinski definition) is 1. The lowest BCUT2D eigenvalue weighted by Gasteiger charge is -2.09. The lowest BCUT2D eigenvalue weighted by Crippen LogP contribution is -2.23. The maximum Gasteiger partial charge on any atom is 0.164 e. The fourth-order valence-electron chi connectivity index (χ4n) is 2.31. The van der Waals surface area contributed by atoms with E-state index in [9.17, 15) is 4.79 Å². The van der Waals surface area contributed by atoms with Crippen LogP contribution in [-0.2, 0) is 0 Å². The van der Waals surface area contributed by atoms with Gasteiger partial charge >= 0.3 is 0 Å². The van der Waals surface area contributed by atoms with Gasteiger partial charge in [0, 0.05) is 18.0 Å². The fourth-order valence-corrected chi connectivity index (χ4v) is 2.31. The Balaban J connectivity index is 2.07. The Morgan fingerprint density at radius 3 is 2.20 bits per heavy atom. The van der Waals surface area contributed by atoms with E-state index in [4.69, 9.17) is 5.73 Å². The zero-order valence-corrected chi connectivity index (χ0v) is 11.9. The molecule has 0 aliphatic carbocycles. The van der Waals surface area contributed by atoms with Crippen molar-refractivity contribution in [2.24, 2.45) is 5.73 Å². The van der Waals surface area contributed by atoms with Crippen molar-refractivity contribution in [1.82, 2.24) is 0 Å². The molecule has 0 aliphatic heterocycles. The molecule has 0 amide bonds. The molecule has 0 bridgehead atoms. The average Bonchev–Trinajstić information content (AvgIpc) is 2.48. The minimum atomic E-state index is -0.0266. The van der Waals surface area contributed by atoms with E-state index in [1.165, 1.54) is 0 Å². The maximum atomic E-state index is 12.1. The molecule has 0 radical (unpaired) electrons. The van der Waals surface area contributed by atoms with Gasteiger partial charge in [-0.2, -0.15) is 0 Å². The standard InChI is InChI=1S/C18H21NO/c1-2-6-17(19)13-18(20)16-11-9-15(10-12-16)14-7-4-3-5-8-14/h3-5,7-12,17H,2,6,13,19H2,1H3. The van der Waals surface area contributed by atoms with Crippen LogP contribution in [0.5, 0.6) is 0 Å². The summed E-state index contributed by atoms with van der Waals surface area (Å²) < 4.78 is 0. The van der Waals surface area contributed by atoms with Gasteiger partial charge in [-0.3, -0.25) is 4.79 Å². The van der Waals surface area contributed by atoms with Gasteiger partial charge in [-0.15, -0.1) is 0 Å². The number of hydrogen-bond acceptors (Lipinski definition) is 2. The normalized spacial score (nSPS) is 12.1. The number of nitrogens with two attached hydrogens (primary N) is 1. The predicted octanol–water partition coefficient (Wildman–Crippen LogP) is 4.05. The molecule has 2 nitrogen and oxygen atoms in total. The average molecular weight is 267 g/mol. The summed E-state index contributed by atoms with van der Waals surface area (Å²) in [6.45, 7) is 2.08. The first-order valence-corrected chi connectivity index (χ1v) is 7.15. The second-order valence-corrected chi connectivity index (χ2v) is 5.12. The van der Waals surface area contributed by atoms with Crippen molar-refractivity contribution in [1.29, 1.82) is 0 Å². The van der Waals surface area contributed by atoms with Gasteiger partial charge in [0.1, 0.15) is 0 Å². The van der Waals surface area contributed by atoms with E-state index < -0.39 is 0 Å². The second-order valence-electron chi connectivity index (χ2n) is 5.12. The van der Waals surface area contributed by atoms with Crippen LogP contribution < -0.4 is 5.73 Å². The van der Waals surface area contributed by atoms with Crippen LogP contribution in [0.15, 0.2) is 54.6 Å². The topological polar surface area (TPSA) is 43.1 Å². The van der Waals surface area contributed by atoms with Crippen LogP contribution in [0.3, 0.4) is 0 Å². The molecule has 2 heteroatoms. The largest absolute Gasteiger partial charge is 0.327 e. The van der Waals surface area contributed by atoms with Gasteiger partial charge in [-0.1, -0.05) is 67.9 Å². The van der Waals surface area contributed by atoms with Crippen LogP contribution in [0.4, 0.5) is 0 Å². The summed E-state index contributed by atoms with van der Waals surface area (Å²) in [5, 5.41) is 0. The van der Waals surface area contributed by atoms with Gasteiger partial charge in [-0.05, 0) is 17.5 Å². The SMILES string of the molecule is CCCC(N)CC(=O)c1ccc(-c2ccccc2)cc1. The van der Waals surface area contributed by atoms with Gasteiger partial charge in [0.2, 0.25) is 0 Å². The number of ketones is 1. The molecule has 20 heavy (non-hydrogen) atoms. The molecule has 0 heterocycles. The second kappa shape index (κ2) is 7.01. The molecule has 2 rings (SSSR count). The maximum absolute atomic E-state index is 12.1. The van der Waals surface area contributed by atoms with Gasteiger partial charge in [-0.25, -0.2) is 0 Å². The van der Waals surface area contributed by atoms with Crippen molar-refractivity contribution in [2.75, 3.05) is 0 Å². The van der Waals surface area contributed by atoms with E-state index >= 15 is 0 Å². The highest BCUT2D eigenvalue weighted by Gasteiger charge is 2.11. The summed E-state index contributed by atoms with van der Waals surface area (Å²) >= 11 is 0. The summed E-state index contributed by atoms with van der Waals surface area (Å²) in [6, 6.07) is 17.9.